The number of halogens is 1. The van der Waals surface area contributed by atoms with Crippen molar-refractivity contribution in [1.82, 2.24) is 0 Å². The second kappa shape index (κ2) is 4.84. The zero-order chi connectivity index (χ0) is 11.5. The van der Waals surface area contributed by atoms with Crippen LogP contribution in [0.15, 0.2) is 29.8 Å². The summed E-state index contributed by atoms with van der Waals surface area (Å²) in [5.41, 5.74) is 3.17. The summed E-state index contributed by atoms with van der Waals surface area (Å²) in [5.74, 6) is 0.106. The number of aryl methyl sites for hydroxylation is 1. The van der Waals surface area contributed by atoms with Gasteiger partial charge in [0.2, 0.25) is 0 Å². The van der Waals surface area contributed by atoms with Crippen LogP contribution in [0.25, 0.3) is 6.08 Å². The van der Waals surface area contributed by atoms with Gasteiger partial charge in [0, 0.05) is 0 Å². The van der Waals surface area contributed by atoms with E-state index < -0.39 is 0 Å². The molecule has 0 bridgehead atoms. The highest BCUT2D eigenvalue weighted by Gasteiger charge is 2.23. The fourth-order valence-electron chi connectivity index (χ4n) is 2.03. The molecule has 2 heteroatoms. The normalized spacial score (nSPS) is 23.8. The molecule has 1 saturated carbocycles. The van der Waals surface area contributed by atoms with Crippen molar-refractivity contribution >= 4 is 23.5 Å². The summed E-state index contributed by atoms with van der Waals surface area (Å²) in [6.07, 6.45) is 4.66. The fraction of sp³-hybridized carbons (Fsp3) is 0.357. The molecule has 0 amide bonds. The Bertz CT molecular complexity index is 434. The second-order valence-corrected chi connectivity index (χ2v) is 4.83. The molecule has 16 heavy (non-hydrogen) atoms. The van der Waals surface area contributed by atoms with Crippen LogP contribution in [0.4, 0.5) is 0 Å². The van der Waals surface area contributed by atoms with E-state index in [4.69, 9.17) is 11.6 Å². The first-order chi connectivity index (χ1) is 7.66. The largest absolute Gasteiger partial charge is 0.293 e. The maximum absolute atomic E-state index is 11.8. The summed E-state index contributed by atoms with van der Waals surface area (Å²) in [4.78, 5) is 11.8. The molecule has 0 heterocycles. The SMILES string of the molecule is Cc1cccc(C=C2CCCC(Cl)C2=O)c1. The number of hydrogen-bond donors (Lipinski definition) is 0. The number of alkyl halides is 1. The van der Waals surface area contributed by atoms with Crippen LogP contribution in [-0.4, -0.2) is 11.2 Å². The van der Waals surface area contributed by atoms with Crippen molar-refractivity contribution in [2.75, 3.05) is 0 Å². The smallest absolute Gasteiger partial charge is 0.176 e. The minimum Gasteiger partial charge on any atom is -0.293 e. The summed E-state index contributed by atoms with van der Waals surface area (Å²) >= 11 is 5.97. The molecule has 84 valence electrons. The highest BCUT2D eigenvalue weighted by Crippen LogP contribution is 2.25. The molecule has 1 aliphatic carbocycles. The molecule has 1 aromatic rings. The van der Waals surface area contributed by atoms with Gasteiger partial charge in [0.05, 0.1) is 5.38 Å². The number of benzene rings is 1. The lowest BCUT2D eigenvalue weighted by molar-refractivity contribution is -0.116. The number of carbonyl (C=O) groups excluding carboxylic acids is 1. The summed E-state index contributed by atoms with van der Waals surface area (Å²) in [7, 11) is 0. The van der Waals surface area contributed by atoms with Crippen molar-refractivity contribution in [1.29, 1.82) is 0 Å². The van der Waals surface area contributed by atoms with E-state index >= 15 is 0 Å². The molecule has 0 radical (unpaired) electrons. The van der Waals surface area contributed by atoms with Crippen LogP contribution in [0.1, 0.15) is 30.4 Å². The van der Waals surface area contributed by atoms with Gasteiger partial charge in [-0.05, 0) is 43.4 Å². The molecule has 1 fully saturated rings. The number of Topliss-reactive ketones (excluding diaryl/α,β-unsaturated/α-hetero) is 1. The van der Waals surface area contributed by atoms with Crippen LogP contribution in [0, 0.1) is 6.92 Å². The Morgan fingerprint density at radius 3 is 3.00 bits per heavy atom. The first-order valence-electron chi connectivity index (χ1n) is 5.62. The Morgan fingerprint density at radius 1 is 1.44 bits per heavy atom. The molecule has 1 nitrogen and oxygen atoms in total. The summed E-state index contributed by atoms with van der Waals surface area (Å²) in [6.45, 7) is 2.05. The van der Waals surface area contributed by atoms with Crippen LogP contribution < -0.4 is 0 Å². The van der Waals surface area contributed by atoms with Gasteiger partial charge in [0.15, 0.2) is 5.78 Å². The van der Waals surface area contributed by atoms with E-state index in [9.17, 15) is 4.79 Å². The lowest BCUT2D eigenvalue weighted by Gasteiger charge is -2.17. The maximum Gasteiger partial charge on any atom is 0.176 e. The van der Waals surface area contributed by atoms with Crippen molar-refractivity contribution in [2.45, 2.75) is 31.6 Å². The zero-order valence-electron chi connectivity index (χ0n) is 9.37. The molecule has 1 aliphatic rings. The minimum absolute atomic E-state index is 0.106. The molecule has 2 rings (SSSR count). The van der Waals surface area contributed by atoms with E-state index in [1.807, 2.05) is 18.2 Å². The third kappa shape index (κ3) is 2.53. The fourth-order valence-corrected chi connectivity index (χ4v) is 2.33. The van der Waals surface area contributed by atoms with Gasteiger partial charge < -0.3 is 0 Å². The molecule has 0 N–H and O–H groups in total. The van der Waals surface area contributed by atoms with E-state index in [0.717, 1.165) is 30.4 Å². The summed E-state index contributed by atoms with van der Waals surface area (Å²) in [5, 5.41) is -0.315. The molecule has 1 aromatic carbocycles. The lowest BCUT2D eigenvalue weighted by atomic mass is 9.91. The zero-order valence-corrected chi connectivity index (χ0v) is 10.1. The van der Waals surface area contributed by atoms with Crippen LogP contribution in [0.2, 0.25) is 0 Å². The Morgan fingerprint density at radius 2 is 2.25 bits per heavy atom. The highest BCUT2D eigenvalue weighted by atomic mass is 35.5. The average molecular weight is 235 g/mol. The molecule has 1 unspecified atom stereocenters. The van der Waals surface area contributed by atoms with Gasteiger partial charge in [-0.3, -0.25) is 4.79 Å². The quantitative estimate of drug-likeness (QED) is 0.535. The van der Waals surface area contributed by atoms with Crippen LogP contribution in [0.5, 0.6) is 0 Å². The Labute approximate surface area is 101 Å². The predicted molar refractivity (Wildman–Crippen MR) is 67.7 cm³/mol. The van der Waals surface area contributed by atoms with Gasteiger partial charge in [-0.2, -0.15) is 0 Å². The standard InChI is InChI=1S/C14H15ClO/c1-10-4-2-5-11(8-10)9-12-6-3-7-13(15)14(12)16/h2,4-5,8-9,13H,3,6-7H2,1H3. The van der Waals surface area contributed by atoms with Gasteiger partial charge in [-0.25, -0.2) is 0 Å². The Kier molecular flexibility index (Phi) is 3.45. The molecular formula is C14H15ClO. The maximum atomic E-state index is 11.8. The van der Waals surface area contributed by atoms with E-state index in [1.165, 1.54) is 5.56 Å². The van der Waals surface area contributed by atoms with Crippen LogP contribution >= 0.6 is 11.6 Å². The third-order valence-corrected chi connectivity index (χ3v) is 3.30. The lowest BCUT2D eigenvalue weighted by Crippen LogP contribution is -2.21. The van der Waals surface area contributed by atoms with E-state index in [-0.39, 0.29) is 11.2 Å². The van der Waals surface area contributed by atoms with Gasteiger partial charge in [-0.1, -0.05) is 29.8 Å². The van der Waals surface area contributed by atoms with E-state index in [0.29, 0.717) is 0 Å². The van der Waals surface area contributed by atoms with Crippen molar-refractivity contribution in [3.05, 3.63) is 41.0 Å². The number of hydrogen-bond acceptors (Lipinski definition) is 1. The van der Waals surface area contributed by atoms with Crippen LogP contribution in [-0.2, 0) is 4.79 Å². The molecule has 0 aromatic heterocycles. The highest BCUT2D eigenvalue weighted by molar-refractivity contribution is 6.34. The number of allylic oxidation sites excluding steroid dienone is 1. The summed E-state index contributed by atoms with van der Waals surface area (Å²) in [6, 6.07) is 8.16. The number of ketones is 1. The van der Waals surface area contributed by atoms with Gasteiger partial charge in [-0.15, -0.1) is 11.6 Å². The second-order valence-electron chi connectivity index (χ2n) is 4.31. The number of rotatable bonds is 1. The topological polar surface area (TPSA) is 17.1 Å². The van der Waals surface area contributed by atoms with Crippen molar-refractivity contribution in [3.63, 3.8) is 0 Å². The molecule has 0 saturated heterocycles. The third-order valence-electron chi connectivity index (χ3n) is 2.89. The minimum atomic E-state index is -0.315. The van der Waals surface area contributed by atoms with Gasteiger partial charge in [0.1, 0.15) is 0 Å². The predicted octanol–water partition coefficient (Wildman–Crippen LogP) is 3.74. The first-order valence-corrected chi connectivity index (χ1v) is 6.06. The van der Waals surface area contributed by atoms with E-state index in [1.54, 1.807) is 0 Å². The first kappa shape index (κ1) is 11.4. The van der Waals surface area contributed by atoms with E-state index in [2.05, 4.69) is 19.1 Å². The van der Waals surface area contributed by atoms with Crippen LogP contribution in [0.3, 0.4) is 0 Å². The van der Waals surface area contributed by atoms with Crippen molar-refractivity contribution in [2.24, 2.45) is 0 Å². The number of carbonyl (C=O) groups is 1. The molecule has 0 aliphatic heterocycles. The Balaban J connectivity index is 2.26. The average Bonchev–Trinajstić information content (AvgIpc) is 2.25. The molecule has 0 spiro atoms. The molecular weight excluding hydrogens is 220 g/mol. The van der Waals surface area contributed by atoms with Crippen molar-refractivity contribution < 1.29 is 4.79 Å². The monoisotopic (exact) mass is 234 g/mol. The van der Waals surface area contributed by atoms with Gasteiger partial charge in [0.25, 0.3) is 0 Å². The van der Waals surface area contributed by atoms with Crippen molar-refractivity contribution in [3.8, 4) is 0 Å². The Hall–Kier alpha value is -1.08. The summed E-state index contributed by atoms with van der Waals surface area (Å²) < 4.78 is 0. The van der Waals surface area contributed by atoms with Gasteiger partial charge >= 0.3 is 0 Å². The molecule has 1 atom stereocenters.